The zero-order chi connectivity index (χ0) is 42.1. The topological polar surface area (TPSA) is 21.3 Å². The molecule has 0 amide bonds. The molecule has 0 unspecified atom stereocenters. The summed E-state index contributed by atoms with van der Waals surface area (Å²) in [6, 6.07) is 74.9. The Hall–Kier alpha value is -7.92. The number of hydrogen-bond acceptors (Lipinski definition) is 3. The summed E-state index contributed by atoms with van der Waals surface area (Å²) >= 11 is 1.88. The molecule has 0 saturated carbocycles. The molecule has 0 N–H and O–H groups in total. The summed E-state index contributed by atoms with van der Waals surface area (Å²) < 4.78 is 11.4. The summed E-state index contributed by atoms with van der Waals surface area (Å²) in [5.74, 6) is 0. The molecular weight excluding hydrogens is 797 g/mol. The minimum Gasteiger partial charge on any atom is -0.456 e. The Bertz CT molecular complexity index is 3810. The summed E-state index contributed by atoms with van der Waals surface area (Å²) in [6.45, 7) is 0. The monoisotopic (exact) mass is 836 g/mol. The molecule has 3 heterocycles. The van der Waals surface area contributed by atoms with Crippen molar-refractivity contribution in [1.82, 2.24) is 4.57 Å². The van der Waals surface area contributed by atoms with Crippen LogP contribution in [0.2, 0.25) is 0 Å². The van der Waals surface area contributed by atoms with Gasteiger partial charge in [-0.25, -0.2) is 0 Å². The van der Waals surface area contributed by atoms with Gasteiger partial charge in [0, 0.05) is 59.1 Å². The van der Waals surface area contributed by atoms with Crippen LogP contribution in [0.15, 0.2) is 229 Å². The number of allylic oxidation sites excluding steroid dienone is 4. The van der Waals surface area contributed by atoms with Crippen LogP contribution in [-0.4, -0.2) is 4.57 Å². The Morgan fingerprint density at radius 1 is 0.438 bits per heavy atom. The minimum absolute atomic E-state index is 0.904. The van der Waals surface area contributed by atoms with Crippen LogP contribution in [0.3, 0.4) is 0 Å². The third-order valence-electron chi connectivity index (χ3n) is 13.2. The highest BCUT2D eigenvalue weighted by molar-refractivity contribution is 7.26. The molecule has 0 radical (unpaired) electrons. The van der Waals surface area contributed by atoms with Crippen molar-refractivity contribution in [2.24, 2.45) is 0 Å². The van der Waals surface area contributed by atoms with E-state index in [9.17, 15) is 0 Å². The first-order valence-corrected chi connectivity index (χ1v) is 22.9. The van der Waals surface area contributed by atoms with Crippen LogP contribution in [0.1, 0.15) is 18.4 Å². The molecule has 9 aromatic carbocycles. The van der Waals surface area contributed by atoms with E-state index in [0.29, 0.717) is 0 Å². The first kappa shape index (κ1) is 36.7. The van der Waals surface area contributed by atoms with Crippen molar-refractivity contribution in [3.05, 3.63) is 230 Å². The predicted octanol–water partition coefficient (Wildman–Crippen LogP) is 17.3. The first-order chi connectivity index (χ1) is 31.7. The molecule has 1 aliphatic carbocycles. The van der Waals surface area contributed by atoms with Gasteiger partial charge in [0.1, 0.15) is 11.2 Å². The minimum atomic E-state index is 0.904. The Balaban J connectivity index is 0.868. The van der Waals surface area contributed by atoms with Gasteiger partial charge in [-0.3, -0.25) is 0 Å². The number of furan rings is 1. The standard InChI is InChI=1S/C60H40N2OS/c1-2-11-39(12-3-1)40-21-29-44(30-22-40)61(46-35-27-43(28-36-46)48-16-10-17-52-50-14-6-9-20-57(50)64-60(48)52)45-31-23-41(24-32-45)42-25-33-47(34-26-42)62-54-18-7-4-13-49(54)51-37-38-56-58(59(51)62)53-15-5-8-19-55(53)63-56/h1-21,23-29,31-38H,22,30H2. The lowest BCUT2D eigenvalue weighted by Gasteiger charge is -2.30. The van der Waals surface area contributed by atoms with Crippen molar-refractivity contribution in [2.45, 2.75) is 12.8 Å². The van der Waals surface area contributed by atoms with Crippen molar-refractivity contribution in [1.29, 1.82) is 0 Å². The van der Waals surface area contributed by atoms with Gasteiger partial charge in [-0.15, -0.1) is 11.3 Å². The summed E-state index contributed by atoms with van der Waals surface area (Å²) in [5, 5.41) is 7.39. The zero-order valence-corrected chi connectivity index (χ0v) is 35.7. The number of aromatic nitrogens is 1. The van der Waals surface area contributed by atoms with E-state index in [2.05, 4.69) is 222 Å². The molecular formula is C60H40N2OS. The van der Waals surface area contributed by atoms with E-state index >= 15 is 0 Å². The molecule has 0 saturated heterocycles. The molecule has 64 heavy (non-hydrogen) atoms. The van der Waals surface area contributed by atoms with E-state index in [0.717, 1.165) is 51.8 Å². The van der Waals surface area contributed by atoms with Crippen LogP contribution in [0, 0.1) is 0 Å². The summed E-state index contributed by atoms with van der Waals surface area (Å²) in [7, 11) is 0. The van der Waals surface area contributed by atoms with Gasteiger partial charge in [-0.2, -0.15) is 0 Å². The normalized spacial score (nSPS) is 13.1. The Kier molecular flexibility index (Phi) is 8.53. The number of thiophene rings is 1. The molecule has 0 atom stereocenters. The van der Waals surface area contributed by atoms with Gasteiger partial charge in [-0.05, 0) is 119 Å². The third kappa shape index (κ3) is 5.95. The lowest BCUT2D eigenvalue weighted by molar-refractivity contribution is 0.669. The number of rotatable bonds is 7. The molecule has 12 aromatic rings. The molecule has 302 valence electrons. The lowest BCUT2D eigenvalue weighted by Crippen LogP contribution is -2.17. The van der Waals surface area contributed by atoms with E-state index < -0.39 is 0 Å². The van der Waals surface area contributed by atoms with Gasteiger partial charge < -0.3 is 13.9 Å². The molecule has 0 spiro atoms. The van der Waals surface area contributed by atoms with Gasteiger partial charge in [-0.1, -0.05) is 146 Å². The second-order valence-corrected chi connectivity index (χ2v) is 17.8. The van der Waals surface area contributed by atoms with Crippen LogP contribution in [0.4, 0.5) is 11.4 Å². The van der Waals surface area contributed by atoms with Crippen molar-refractivity contribution >= 4 is 92.2 Å². The van der Waals surface area contributed by atoms with Gasteiger partial charge >= 0.3 is 0 Å². The van der Waals surface area contributed by atoms with E-state index in [1.807, 2.05) is 17.4 Å². The maximum Gasteiger partial charge on any atom is 0.137 e. The molecule has 1 aliphatic rings. The SMILES string of the molecule is C1=C(c2ccccc2)CCC(N(c2ccc(-c3ccc(-n4c5ccccc5c5ccc6oc7ccccc7c6c54)cc3)cc2)c2ccc(-c3cccc4c3sc3ccccc34)cc2)=C1. The highest BCUT2D eigenvalue weighted by Crippen LogP contribution is 2.44. The summed E-state index contributed by atoms with van der Waals surface area (Å²) in [5.41, 5.74) is 16.4. The Labute approximate surface area is 374 Å². The Morgan fingerprint density at radius 3 is 1.86 bits per heavy atom. The fourth-order valence-corrected chi connectivity index (χ4v) is 11.3. The van der Waals surface area contributed by atoms with Gasteiger partial charge in [0.05, 0.1) is 16.4 Å². The van der Waals surface area contributed by atoms with Crippen LogP contribution < -0.4 is 4.90 Å². The molecule has 3 nitrogen and oxygen atoms in total. The average Bonchev–Trinajstić information content (AvgIpc) is 4.05. The van der Waals surface area contributed by atoms with E-state index in [1.54, 1.807) is 0 Å². The van der Waals surface area contributed by atoms with Gasteiger partial charge in [0.15, 0.2) is 0 Å². The Morgan fingerprint density at radius 2 is 1.09 bits per heavy atom. The molecule has 13 rings (SSSR count). The van der Waals surface area contributed by atoms with Gasteiger partial charge in [0.2, 0.25) is 0 Å². The second-order valence-electron chi connectivity index (χ2n) is 16.8. The fourth-order valence-electron chi connectivity index (χ4n) is 10.1. The van der Waals surface area contributed by atoms with Crippen LogP contribution in [-0.2, 0) is 0 Å². The number of nitrogens with zero attached hydrogens (tertiary/aromatic N) is 2. The van der Waals surface area contributed by atoms with E-state index in [-0.39, 0.29) is 0 Å². The largest absolute Gasteiger partial charge is 0.456 e. The van der Waals surface area contributed by atoms with Crippen molar-refractivity contribution in [3.63, 3.8) is 0 Å². The van der Waals surface area contributed by atoms with Crippen molar-refractivity contribution in [3.8, 4) is 27.9 Å². The lowest BCUT2D eigenvalue weighted by atomic mass is 9.94. The van der Waals surface area contributed by atoms with E-state index in [1.165, 1.54) is 81.1 Å². The maximum absolute atomic E-state index is 6.36. The number of hydrogen-bond donors (Lipinski definition) is 0. The van der Waals surface area contributed by atoms with Crippen LogP contribution in [0.5, 0.6) is 0 Å². The van der Waals surface area contributed by atoms with Crippen molar-refractivity contribution < 1.29 is 4.42 Å². The summed E-state index contributed by atoms with van der Waals surface area (Å²) in [6.07, 6.45) is 6.55. The van der Waals surface area contributed by atoms with Gasteiger partial charge in [0.25, 0.3) is 0 Å². The predicted molar refractivity (Wildman–Crippen MR) is 272 cm³/mol. The van der Waals surface area contributed by atoms with Crippen LogP contribution in [0.25, 0.3) is 97.4 Å². The molecule has 4 heteroatoms. The molecule has 0 fully saturated rings. The quantitative estimate of drug-likeness (QED) is 0.159. The molecule has 0 bridgehead atoms. The average molecular weight is 837 g/mol. The number of para-hydroxylation sites is 2. The first-order valence-electron chi connectivity index (χ1n) is 22.0. The fraction of sp³-hybridized carbons (Fsp3) is 0.0333. The number of fused-ring (bicyclic) bond motifs is 10. The van der Waals surface area contributed by atoms with Crippen molar-refractivity contribution in [2.75, 3.05) is 4.90 Å². The smallest absolute Gasteiger partial charge is 0.137 e. The highest BCUT2D eigenvalue weighted by Gasteiger charge is 2.21. The number of anilines is 2. The highest BCUT2D eigenvalue weighted by atomic mass is 32.1. The third-order valence-corrected chi connectivity index (χ3v) is 14.4. The van der Waals surface area contributed by atoms with Crippen LogP contribution >= 0.6 is 11.3 Å². The second kappa shape index (κ2) is 14.9. The summed E-state index contributed by atoms with van der Waals surface area (Å²) in [4.78, 5) is 2.44. The molecule has 3 aromatic heterocycles. The number of benzene rings is 9. The zero-order valence-electron chi connectivity index (χ0n) is 34.9. The maximum atomic E-state index is 6.36. The molecule has 0 aliphatic heterocycles. The van der Waals surface area contributed by atoms with E-state index in [4.69, 9.17) is 4.42 Å².